The summed E-state index contributed by atoms with van der Waals surface area (Å²) < 4.78 is 13.2. The van der Waals surface area contributed by atoms with Crippen LogP contribution in [0.4, 0.5) is 4.39 Å². The lowest BCUT2D eigenvalue weighted by Crippen LogP contribution is -2.40. The molecular formula is C33H35FN4O2. The maximum atomic E-state index is 13.2. The fourth-order valence-corrected chi connectivity index (χ4v) is 5.90. The van der Waals surface area contributed by atoms with Crippen LogP contribution >= 0.6 is 0 Å². The van der Waals surface area contributed by atoms with Gasteiger partial charge in [0.05, 0.1) is 17.2 Å². The summed E-state index contributed by atoms with van der Waals surface area (Å²) in [6.07, 6.45) is 6.75. The molecule has 2 fully saturated rings. The van der Waals surface area contributed by atoms with Gasteiger partial charge in [-0.15, -0.1) is 0 Å². The zero-order valence-electron chi connectivity index (χ0n) is 22.8. The second-order valence-electron chi connectivity index (χ2n) is 11.2. The minimum Gasteiger partial charge on any atom is -0.338 e. The van der Waals surface area contributed by atoms with E-state index in [0.29, 0.717) is 48.2 Å². The molecule has 3 heterocycles. The normalized spacial score (nSPS) is 18.3. The Hall–Kier alpha value is -3.89. The van der Waals surface area contributed by atoms with E-state index in [1.807, 2.05) is 41.3 Å². The van der Waals surface area contributed by atoms with Crippen molar-refractivity contribution in [2.45, 2.75) is 45.1 Å². The quantitative estimate of drug-likeness (QED) is 0.345. The van der Waals surface area contributed by atoms with E-state index < -0.39 is 0 Å². The van der Waals surface area contributed by atoms with Gasteiger partial charge in [0, 0.05) is 32.3 Å². The third kappa shape index (κ3) is 7.19. The first-order chi connectivity index (χ1) is 19.5. The minimum atomic E-state index is -0.236. The molecule has 5 rings (SSSR count). The van der Waals surface area contributed by atoms with Crippen LogP contribution in [0.25, 0.3) is 0 Å². The fraction of sp³-hybridized carbons (Fsp3) is 0.394. The Morgan fingerprint density at radius 3 is 2.30 bits per heavy atom. The number of likely N-dealkylation sites (tertiary alicyclic amines) is 2. The van der Waals surface area contributed by atoms with Crippen LogP contribution in [0.1, 0.15) is 69.6 Å². The van der Waals surface area contributed by atoms with Gasteiger partial charge in [0.2, 0.25) is 0 Å². The predicted octanol–water partition coefficient (Wildman–Crippen LogP) is 5.67. The summed E-state index contributed by atoms with van der Waals surface area (Å²) in [5.74, 6) is 0.415. The van der Waals surface area contributed by atoms with Gasteiger partial charge in [-0.2, -0.15) is 5.26 Å². The van der Waals surface area contributed by atoms with Gasteiger partial charge < -0.3 is 4.90 Å². The molecule has 0 radical (unpaired) electrons. The monoisotopic (exact) mass is 538 g/mol. The van der Waals surface area contributed by atoms with Crippen molar-refractivity contribution in [2.75, 3.05) is 26.2 Å². The molecule has 0 N–H and O–H groups in total. The van der Waals surface area contributed by atoms with E-state index in [0.717, 1.165) is 57.3 Å². The summed E-state index contributed by atoms with van der Waals surface area (Å²) >= 11 is 0. The smallest absolute Gasteiger partial charge is 0.255 e. The molecule has 0 spiro atoms. The molecule has 1 aromatic heterocycles. The Morgan fingerprint density at radius 1 is 0.900 bits per heavy atom. The molecule has 0 bridgehead atoms. The van der Waals surface area contributed by atoms with E-state index in [9.17, 15) is 14.0 Å². The second-order valence-corrected chi connectivity index (χ2v) is 11.2. The van der Waals surface area contributed by atoms with E-state index in [1.54, 1.807) is 18.3 Å². The molecule has 6 nitrogen and oxygen atoms in total. The molecule has 1 amide bonds. The highest BCUT2D eigenvalue weighted by Gasteiger charge is 2.26. The van der Waals surface area contributed by atoms with Crippen LogP contribution in [0.15, 0.2) is 66.9 Å². The molecule has 2 aliphatic rings. The maximum Gasteiger partial charge on any atom is 0.255 e. The molecule has 1 atom stereocenters. The van der Waals surface area contributed by atoms with Crippen LogP contribution in [0.2, 0.25) is 0 Å². The van der Waals surface area contributed by atoms with Crippen LogP contribution in [0, 0.1) is 29.0 Å². The topological polar surface area (TPSA) is 77.3 Å². The van der Waals surface area contributed by atoms with Crippen molar-refractivity contribution in [3.8, 4) is 6.07 Å². The lowest BCUT2D eigenvalue weighted by Gasteiger charge is -2.33. The van der Waals surface area contributed by atoms with Crippen LogP contribution in [-0.4, -0.2) is 52.7 Å². The van der Waals surface area contributed by atoms with Gasteiger partial charge in [-0.25, -0.2) is 4.39 Å². The molecule has 206 valence electrons. The molecule has 2 saturated heterocycles. The van der Waals surface area contributed by atoms with Gasteiger partial charge in [-0.3, -0.25) is 19.5 Å². The number of Topliss-reactive ketones (excluding diaryl/α,β-unsaturated/α-hetero) is 1. The Bertz CT molecular complexity index is 1340. The van der Waals surface area contributed by atoms with Gasteiger partial charge in [-0.05, 0) is 105 Å². The van der Waals surface area contributed by atoms with Crippen molar-refractivity contribution in [1.82, 2.24) is 14.8 Å². The van der Waals surface area contributed by atoms with Crippen LogP contribution in [0.3, 0.4) is 0 Å². The number of hydrogen-bond acceptors (Lipinski definition) is 5. The number of piperidine rings is 2. The van der Waals surface area contributed by atoms with Gasteiger partial charge >= 0.3 is 0 Å². The summed E-state index contributed by atoms with van der Waals surface area (Å²) in [5.41, 5.74) is 3.88. The fourth-order valence-electron chi connectivity index (χ4n) is 5.90. The predicted molar refractivity (Wildman–Crippen MR) is 151 cm³/mol. The number of hydrogen-bond donors (Lipinski definition) is 0. The molecule has 1 unspecified atom stereocenters. The van der Waals surface area contributed by atoms with E-state index in [1.165, 1.54) is 17.7 Å². The van der Waals surface area contributed by atoms with Crippen LogP contribution < -0.4 is 0 Å². The van der Waals surface area contributed by atoms with Gasteiger partial charge in [0.1, 0.15) is 11.5 Å². The Morgan fingerprint density at radius 2 is 1.62 bits per heavy atom. The lowest BCUT2D eigenvalue weighted by molar-refractivity contribution is 0.0672. The highest BCUT2D eigenvalue weighted by atomic mass is 19.1. The van der Waals surface area contributed by atoms with Crippen LogP contribution in [-0.2, 0) is 13.0 Å². The standard InChI is InChI=1S/C33H35FN4O2/c34-30-10-7-24(8-11-30)18-28-2-1-15-38(23-28)33(40)29-9-12-31(36-21-29)32(39)19-25-13-16-37(17-14-25)22-27-5-3-26(20-35)4-6-27/h3-12,21,25,28H,1-2,13-19,22-23H2. The third-order valence-electron chi connectivity index (χ3n) is 8.21. The molecular weight excluding hydrogens is 503 g/mol. The largest absolute Gasteiger partial charge is 0.338 e. The number of ketones is 1. The molecule has 3 aromatic rings. The molecule has 2 aliphatic heterocycles. The minimum absolute atomic E-state index is 0.0295. The first kappa shape index (κ1) is 27.7. The number of nitriles is 1. The van der Waals surface area contributed by atoms with E-state index in [2.05, 4.69) is 16.0 Å². The zero-order valence-corrected chi connectivity index (χ0v) is 22.8. The average molecular weight is 539 g/mol. The first-order valence-electron chi connectivity index (χ1n) is 14.2. The maximum absolute atomic E-state index is 13.2. The number of amides is 1. The van der Waals surface area contributed by atoms with Crippen molar-refractivity contribution < 1.29 is 14.0 Å². The number of carbonyl (C=O) groups is 2. The first-order valence-corrected chi connectivity index (χ1v) is 14.2. The molecule has 0 aliphatic carbocycles. The molecule has 0 saturated carbocycles. The third-order valence-corrected chi connectivity index (χ3v) is 8.21. The second kappa shape index (κ2) is 13.0. The SMILES string of the molecule is N#Cc1ccc(CN2CCC(CC(=O)c3ccc(C(=O)N4CCCC(Cc5ccc(F)cc5)C4)cn3)CC2)cc1. The van der Waals surface area contributed by atoms with Crippen molar-refractivity contribution in [3.05, 3.63) is 101 Å². The summed E-state index contributed by atoms with van der Waals surface area (Å²) in [6.45, 7) is 4.12. The number of pyridine rings is 1. The number of carbonyl (C=O) groups excluding carboxylic acids is 2. The highest BCUT2D eigenvalue weighted by Crippen LogP contribution is 2.25. The van der Waals surface area contributed by atoms with Crippen molar-refractivity contribution in [1.29, 1.82) is 5.26 Å². The summed E-state index contributed by atoms with van der Waals surface area (Å²) in [4.78, 5) is 34.8. The molecule has 7 heteroatoms. The summed E-state index contributed by atoms with van der Waals surface area (Å²) in [7, 11) is 0. The number of rotatable bonds is 8. The Labute approximate surface area is 235 Å². The Kier molecular flexibility index (Phi) is 8.98. The van der Waals surface area contributed by atoms with Crippen molar-refractivity contribution >= 4 is 11.7 Å². The van der Waals surface area contributed by atoms with Crippen molar-refractivity contribution in [3.63, 3.8) is 0 Å². The number of nitrogens with zero attached hydrogens (tertiary/aromatic N) is 4. The zero-order chi connectivity index (χ0) is 27.9. The number of aromatic nitrogens is 1. The molecule has 40 heavy (non-hydrogen) atoms. The van der Waals surface area contributed by atoms with Gasteiger partial charge in [0.15, 0.2) is 5.78 Å². The summed E-state index contributed by atoms with van der Waals surface area (Å²) in [6, 6.07) is 19.9. The van der Waals surface area contributed by atoms with Gasteiger partial charge in [0.25, 0.3) is 5.91 Å². The number of halogens is 1. The van der Waals surface area contributed by atoms with E-state index in [-0.39, 0.29) is 17.5 Å². The van der Waals surface area contributed by atoms with Crippen LogP contribution in [0.5, 0.6) is 0 Å². The van der Waals surface area contributed by atoms with Crippen molar-refractivity contribution in [2.24, 2.45) is 11.8 Å². The summed E-state index contributed by atoms with van der Waals surface area (Å²) in [5, 5.41) is 8.96. The highest BCUT2D eigenvalue weighted by molar-refractivity contribution is 5.97. The Balaban J connectivity index is 1.08. The molecule has 2 aromatic carbocycles. The van der Waals surface area contributed by atoms with E-state index in [4.69, 9.17) is 5.26 Å². The number of benzene rings is 2. The van der Waals surface area contributed by atoms with E-state index >= 15 is 0 Å². The van der Waals surface area contributed by atoms with Gasteiger partial charge in [-0.1, -0.05) is 24.3 Å². The average Bonchev–Trinajstić information content (AvgIpc) is 2.99. The lowest BCUT2D eigenvalue weighted by atomic mass is 9.90.